The van der Waals surface area contributed by atoms with E-state index in [1.807, 2.05) is 11.8 Å². The Balaban J connectivity index is 1.12. The zero-order valence-electron chi connectivity index (χ0n) is 20.4. The van der Waals surface area contributed by atoms with Crippen LogP contribution in [-0.4, -0.2) is 84.2 Å². The van der Waals surface area contributed by atoms with Crippen molar-refractivity contribution in [3.05, 3.63) is 35.3 Å². The Kier molecular flexibility index (Phi) is 7.24. The lowest BCUT2D eigenvalue weighted by molar-refractivity contribution is 0.0670. The topological polar surface area (TPSA) is 89.7 Å². The summed E-state index contributed by atoms with van der Waals surface area (Å²) in [6.45, 7) is 6.50. The Morgan fingerprint density at radius 1 is 1.03 bits per heavy atom. The Hall–Kier alpha value is -2.65. The molecule has 35 heavy (non-hydrogen) atoms. The number of aromatic amines is 1. The van der Waals surface area contributed by atoms with Crippen molar-refractivity contribution in [1.82, 2.24) is 25.4 Å². The van der Waals surface area contributed by atoms with Crippen LogP contribution in [0.4, 0.5) is 9.18 Å². The van der Waals surface area contributed by atoms with E-state index < -0.39 is 0 Å². The largest absolute Gasteiger partial charge is 0.381 e. The highest BCUT2D eigenvalue weighted by Crippen LogP contribution is 2.26. The number of ether oxygens (including phenoxy) is 1. The number of fused-ring (bicyclic) bond motifs is 1. The van der Waals surface area contributed by atoms with Crippen molar-refractivity contribution in [3.8, 4) is 0 Å². The fourth-order valence-electron chi connectivity index (χ4n) is 5.74. The number of halogens is 1. The van der Waals surface area contributed by atoms with Gasteiger partial charge in [-0.3, -0.25) is 9.69 Å². The molecule has 2 atom stereocenters. The van der Waals surface area contributed by atoms with Gasteiger partial charge in [0.25, 0.3) is 5.91 Å². The number of nitrogens with zero attached hydrogens (tertiary/aromatic N) is 2. The molecule has 2 aliphatic heterocycles. The first-order valence-corrected chi connectivity index (χ1v) is 12.9. The summed E-state index contributed by atoms with van der Waals surface area (Å²) in [6.07, 6.45) is 5.77. The van der Waals surface area contributed by atoms with Crippen molar-refractivity contribution in [3.63, 3.8) is 0 Å². The lowest BCUT2D eigenvalue weighted by Crippen LogP contribution is -2.57. The smallest absolute Gasteiger partial charge is 0.317 e. The average molecular weight is 486 g/mol. The minimum Gasteiger partial charge on any atom is -0.381 e. The third kappa shape index (κ3) is 5.46. The van der Waals surface area contributed by atoms with Gasteiger partial charge in [-0.15, -0.1) is 0 Å². The van der Waals surface area contributed by atoms with E-state index in [0.29, 0.717) is 22.6 Å². The quantitative estimate of drug-likeness (QED) is 0.621. The summed E-state index contributed by atoms with van der Waals surface area (Å²) in [5.41, 5.74) is 1.99. The van der Waals surface area contributed by atoms with E-state index in [1.165, 1.54) is 6.07 Å². The maximum Gasteiger partial charge on any atom is 0.317 e. The molecule has 8 nitrogen and oxygen atoms in total. The highest BCUT2D eigenvalue weighted by Gasteiger charge is 2.31. The van der Waals surface area contributed by atoms with Gasteiger partial charge in [0.15, 0.2) is 0 Å². The summed E-state index contributed by atoms with van der Waals surface area (Å²) in [5.74, 6) is -0.500. The minimum atomic E-state index is -0.320. The molecule has 190 valence electrons. The minimum absolute atomic E-state index is 0.0374. The Morgan fingerprint density at radius 3 is 2.54 bits per heavy atom. The summed E-state index contributed by atoms with van der Waals surface area (Å²) >= 11 is 0. The number of amides is 3. The molecule has 0 unspecified atom stereocenters. The Labute approximate surface area is 205 Å². The molecule has 3 fully saturated rings. The highest BCUT2D eigenvalue weighted by molar-refractivity contribution is 5.99. The molecule has 3 amide bonds. The van der Waals surface area contributed by atoms with Crippen LogP contribution in [0, 0.1) is 12.7 Å². The van der Waals surface area contributed by atoms with Gasteiger partial charge in [0.2, 0.25) is 0 Å². The summed E-state index contributed by atoms with van der Waals surface area (Å²) in [7, 11) is 0. The fourth-order valence-corrected chi connectivity index (χ4v) is 5.74. The second-order valence-electron chi connectivity index (χ2n) is 10.2. The Morgan fingerprint density at radius 2 is 1.80 bits per heavy atom. The number of H-pyrrole nitrogens is 1. The van der Waals surface area contributed by atoms with Crippen molar-refractivity contribution in [2.45, 2.75) is 63.6 Å². The number of benzene rings is 1. The number of hydrogen-bond donors (Lipinski definition) is 3. The van der Waals surface area contributed by atoms with Gasteiger partial charge in [0.1, 0.15) is 11.5 Å². The summed E-state index contributed by atoms with van der Waals surface area (Å²) in [5, 5.41) is 6.78. The molecule has 1 aromatic carbocycles. The predicted octanol–water partition coefficient (Wildman–Crippen LogP) is 3.16. The van der Waals surface area contributed by atoms with Crippen LogP contribution >= 0.6 is 0 Å². The number of carbonyl (C=O) groups excluding carboxylic acids is 2. The fraction of sp³-hybridized carbons (Fsp3) is 0.615. The molecule has 5 rings (SSSR count). The summed E-state index contributed by atoms with van der Waals surface area (Å²) < 4.78 is 19.5. The summed E-state index contributed by atoms with van der Waals surface area (Å²) in [6, 6.07) is 5.51. The summed E-state index contributed by atoms with van der Waals surface area (Å²) in [4.78, 5) is 33.1. The Bertz CT molecular complexity index is 1020. The van der Waals surface area contributed by atoms with Crippen LogP contribution < -0.4 is 10.6 Å². The number of carbonyl (C=O) groups is 2. The molecule has 0 bridgehead atoms. The lowest BCUT2D eigenvalue weighted by Gasteiger charge is -2.42. The van der Waals surface area contributed by atoms with Gasteiger partial charge < -0.3 is 25.3 Å². The third-order valence-corrected chi connectivity index (χ3v) is 7.84. The van der Waals surface area contributed by atoms with E-state index in [4.69, 9.17) is 4.74 Å². The molecule has 3 heterocycles. The number of rotatable bonds is 4. The van der Waals surface area contributed by atoms with Gasteiger partial charge in [-0.1, -0.05) is 6.07 Å². The zero-order chi connectivity index (χ0) is 24.4. The number of aromatic nitrogens is 1. The molecule has 2 saturated heterocycles. The van der Waals surface area contributed by atoms with Gasteiger partial charge in [-0.25, -0.2) is 9.18 Å². The standard InChI is InChI=1S/C26H36FN5O3/c1-17-5-6-22(27)21-16-23(30-24(17)21)25(33)28-19-3-2-4-20(15-19)31-9-11-32(12-10-31)26(34)29-18-7-13-35-14-8-18/h5-6,16,18-20,30H,2-4,7-15H2,1H3,(H,28,33)(H,29,34)/t19-,20-/m1/s1. The van der Waals surface area contributed by atoms with E-state index in [0.717, 1.165) is 83.5 Å². The van der Waals surface area contributed by atoms with Gasteiger partial charge >= 0.3 is 6.03 Å². The van der Waals surface area contributed by atoms with Crippen LogP contribution in [0.2, 0.25) is 0 Å². The molecule has 1 saturated carbocycles. The number of aryl methyl sites for hydroxylation is 1. The average Bonchev–Trinajstić information content (AvgIpc) is 3.35. The molecule has 3 N–H and O–H groups in total. The molecule has 9 heteroatoms. The predicted molar refractivity (Wildman–Crippen MR) is 132 cm³/mol. The second kappa shape index (κ2) is 10.5. The SMILES string of the molecule is Cc1ccc(F)c2cc(C(=O)N[C@@H]3CCC[C@@H](N4CCN(C(=O)NC5CCOCC5)CC4)C3)[nH]c12. The van der Waals surface area contributed by atoms with Crippen LogP contribution in [0.15, 0.2) is 18.2 Å². The van der Waals surface area contributed by atoms with Gasteiger partial charge in [0.05, 0.1) is 5.52 Å². The van der Waals surface area contributed by atoms with E-state index in [2.05, 4.69) is 20.5 Å². The number of urea groups is 1. The molecule has 3 aliphatic rings. The van der Waals surface area contributed by atoms with Crippen molar-refractivity contribution in [1.29, 1.82) is 0 Å². The molecular weight excluding hydrogens is 449 g/mol. The van der Waals surface area contributed by atoms with Crippen LogP contribution in [0.25, 0.3) is 10.9 Å². The number of hydrogen-bond acceptors (Lipinski definition) is 4. The second-order valence-corrected chi connectivity index (χ2v) is 10.2. The normalized spacial score (nSPS) is 24.5. The van der Waals surface area contributed by atoms with Crippen molar-refractivity contribution in [2.75, 3.05) is 39.4 Å². The molecule has 2 aromatic rings. The van der Waals surface area contributed by atoms with E-state index in [9.17, 15) is 14.0 Å². The van der Waals surface area contributed by atoms with Crippen molar-refractivity contribution in [2.24, 2.45) is 0 Å². The van der Waals surface area contributed by atoms with Crippen LogP contribution in [-0.2, 0) is 4.74 Å². The first-order valence-electron chi connectivity index (χ1n) is 12.9. The first-order chi connectivity index (χ1) is 17.0. The zero-order valence-corrected chi connectivity index (χ0v) is 20.4. The van der Waals surface area contributed by atoms with E-state index >= 15 is 0 Å². The number of nitrogens with one attached hydrogen (secondary N) is 3. The molecule has 1 aliphatic carbocycles. The lowest BCUT2D eigenvalue weighted by atomic mass is 9.89. The highest BCUT2D eigenvalue weighted by atomic mass is 19.1. The van der Waals surface area contributed by atoms with E-state index in [-0.39, 0.29) is 29.8 Å². The molecule has 0 radical (unpaired) electrons. The van der Waals surface area contributed by atoms with Gasteiger partial charge in [-0.2, -0.15) is 0 Å². The van der Waals surface area contributed by atoms with Gasteiger partial charge in [0, 0.05) is 62.9 Å². The number of piperazine rings is 1. The van der Waals surface area contributed by atoms with Crippen LogP contribution in [0.3, 0.4) is 0 Å². The van der Waals surface area contributed by atoms with Crippen LogP contribution in [0.5, 0.6) is 0 Å². The van der Waals surface area contributed by atoms with E-state index in [1.54, 1.807) is 12.1 Å². The first kappa shape index (κ1) is 24.1. The van der Waals surface area contributed by atoms with Gasteiger partial charge in [-0.05, 0) is 63.1 Å². The maximum atomic E-state index is 14.2. The van der Waals surface area contributed by atoms with Crippen molar-refractivity contribution < 1.29 is 18.7 Å². The monoisotopic (exact) mass is 485 g/mol. The van der Waals surface area contributed by atoms with Crippen molar-refractivity contribution >= 4 is 22.8 Å². The third-order valence-electron chi connectivity index (χ3n) is 7.84. The molecule has 1 aromatic heterocycles. The molecule has 0 spiro atoms. The van der Waals surface area contributed by atoms with Crippen LogP contribution in [0.1, 0.15) is 54.6 Å². The maximum absolute atomic E-state index is 14.2. The molecular formula is C26H36FN5O3.